The first kappa shape index (κ1) is 26.1. The Hall–Kier alpha value is -3.20. The number of aliphatic hydroxyl groups is 3. The minimum atomic E-state index is -1.39. The molecule has 0 bridgehead atoms. The normalized spacial score (nSPS) is 14.3. The van der Waals surface area contributed by atoms with E-state index < -0.39 is 36.6 Å². The molecule has 8 heteroatoms. The van der Waals surface area contributed by atoms with Crippen LogP contribution >= 0.6 is 0 Å². The highest BCUT2D eigenvalue weighted by molar-refractivity contribution is 5.80. The van der Waals surface area contributed by atoms with Gasteiger partial charge in [-0.2, -0.15) is 0 Å². The van der Waals surface area contributed by atoms with Gasteiger partial charge in [-0.15, -0.1) is 0 Å². The van der Waals surface area contributed by atoms with Gasteiger partial charge in [0.25, 0.3) is 0 Å². The number of ether oxygens (including phenoxy) is 3. The van der Waals surface area contributed by atoms with Crippen LogP contribution < -0.4 is 0 Å². The molecule has 3 atom stereocenters. The topological polar surface area (TPSA) is 123 Å². The third-order valence-corrected chi connectivity index (χ3v) is 4.76. The summed E-state index contributed by atoms with van der Waals surface area (Å²) >= 11 is 0. The molecular formula is C25H30O8. The molecule has 0 aromatic heterocycles. The van der Waals surface area contributed by atoms with Gasteiger partial charge in [-0.05, 0) is 18.1 Å². The number of rotatable bonds is 14. The van der Waals surface area contributed by atoms with Gasteiger partial charge in [0.1, 0.15) is 37.0 Å². The first-order valence-electron chi connectivity index (χ1n) is 10.6. The Morgan fingerprint density at radius 3 is 1.97 bits per heavy atom. The molecule has 2 rings (SSSR count). The highest BCUT2D eigenvalue weighted by Gasteiger charge is 2.34. The Morgan fingerprint density at radius 1 is 0.909 bits per heavy atom. The third-order valence-electron chi connectivity index (χ3n) is 4.76. The molecule has 0 spiro atoms. The molecule has 0 fully saturated rings. The summed E-state index contributed by atoms with van der Waals surface area (Å²) in [6, 6.07) is 18.3. The first-order valence-corrected chi connectivity index (χ1v) is 10.6. The number of carbonyl (C=O) groups is 2. The SMILES string of the molecule is CC(=O)CCC(=O)OC[C@@H](O)[C@@H](OCc1ccccc1)[C@H](OCc1ccccc1)/C(O)=C/O. The van der Waals surface area contributed by atoms with Crippen LogP contribution in [0.4, 0.5) is 0 Å². The van der Waals surface area contributed by atoms with Crippen LogP contribution in [0.1, 0.15) is 30.9 Å². The molecule has 2 aromatic carbocycles. The highest BCUT2D eigenvalue weighted by atomic mass is 16.6. The molecule has 0 radical (unpaired) electrons. The van der Waals surface area contributed by atoms with Gasteiger partial charge < -0.3 is 34.3 Å². The molecule has 0 amide bonds. The van der Waals surface area contributed by atoms with Gasteiger partial charge in [-0.3, -0.25) is 4.79 Å². The molecule has 33 heavy (non-hydrogen) atoms. The number of hydrogen-bond acceptors (Lipinski definition) is 8. The average molecular weight is 459 g/mol. The van der Waals surface area contributed by atoms with E-state index in [2.05, 4.69) is 0 Å². The molecule has 0 saturated heterocycles. The molecule has 8 nitrogen and oxygen atoms in total. The smallest absolute Gasteiger partial charge is 0.306 e. The van der Waals surface area contributed by atoms with E-state index >= 15 is 0 Å². The summed E-state index contributed by atoms with van der Waals surface area (Å²) in [5, 5.41) is 30.5. The Balaban J connectivity index is 2.13. The monoisotopic (exact) mass is 458 g/mol. The van der Waals surface area contributed by atoms with E-state index in [0.717, 1.165) is 11.1 Å². The number of ketones is 1. The van der Waals surface area contributed by atoms with Crippen molar-refractivity contribution in [3.05, 3.63) is 83.8 Å². The van der Waals surface area contributed by atoms with Crippen molar-refractivity contribution in [1.29, 1.82) is 0 Å². The van der Waals surface area contributed by atoms with Gasteiger partial charge >= 0.3 is 5.97 Å². The van der Waals surface area contributed by atoms with Gasteiger partial charge in [-0.25, -0.2) is 0 Å². The summed E-state index contributed by atoms with van der Waals surface area (Å²) in [5.41, 5.74) is 1.61. The van der Waals surface area contributed by atoms with Crippen LogP contribution in [0, 0.1) is 0 Å². The van der Waals surface area contributed by atoms with E-state index in [4.69, 9.17) is 14.2 Å². The molecule has 0 aliphatic carbocycles. The van der Waals surface area contributed by atoms with Crippen molar-refractivity contribution in [2.75, 3.05) is 6.61 Å². The van der Waals surface area contributed by atoms with E-state index in [9.17, 15) is 24.9 Å². The Morgan fingerprint density at radius 2 is 1.45 bits per heavy atom. The van der Waals surface area contributed by atoms with Crippen molar-refractivity contribution < 1.29 is 39.1 Å². The highest BCUT2D eigenvalue weighted by Crippen LogP contribution is 2.20. The largest absolute Gasteiger partial charge is 0.512 e. The molecule has 178 valence electrons. The van der Waals surface area contributed by atoms with Crippen LogP contribution in [-0.4, -0.2) is 52.0 Å². The fourth-order valence-electron chi connectivity index (χ4n) is 2.97. The van der Waals surface area contributed by atoms with Gasteiger partial charge in [0.05, 0.1) is 19.6 Å². The standard InChI is InChI=1S/C25H30O8/c1-18(27)12-13-23(30)31-17-22(29)25(33-16-20-10-6-3-7-11-20)24(21(28)14-26)32-15-19-8-4-2-5-9-19/h2-11,14,22,24-26,28-29H,12-13,15-17H2,1H3/b21-14-/t22-,24-,25-/m1/s1. The van der Waals surface area contributed by atoms with Crippen LogP contribution in [0.5, 0.6) is 0 Å². The van der Waals surface area contributed by atoms with Crippen molar-refractivity contribution in [2.45, 2.75) is 51.3 Å². The summed E-state index contributed by atoms with van der Waals surface area (Å²) in [5.74, 6) is -1.34. The molecule has 3 N–H and O–H groups in total. The van der Waals surface area contributed by atoms with Crippen LogP contribution in [0.25, 0.3) is 0 Å². The minimum absolute atomic E-state index is 0.0414. The van der Waals surface area contributed by atoms with Gasteiger partial charge in [0.2, 0.25) is 0 Å². The van der Waals surface area contributed by atoms with Gasteiger partial charge in [0, 0.05) is 6.42 Å². The van der Waals surface area contributed by atoms with Crippen molar-refractivity contribution >= 4 is 11.8 Å². The lowest BCUT2D eigenvalue weighted by atomic mass is 10.1. The van der Waals surface area contributed by atoms with E-state index in [1.165, 1.54) is 6.92 Å². The second kappa shape index (κ2) is 14.1. The quantitative estimate of drug-likeness (QED) is 0.291. The van der Waals surface area contributed by atoms with Crippen LogP contribution in [-0.2, 0) is 37.0 Å². The molecule has 0 saturated carbocycles. The summed E-state index contributed by atoms with van der Waals surface area (Å²) in [7, 11) is 0. The predicted octanol–water partition coefficient (Wildman–Crippen LogP) is 3.39. The molecule has 2 aromatic rings. The number of aliphatic hydroxyl groups excluding tert-OH is 3. The molecule has 0 aliphatic rings. The number of hydrogen-bond donors (Lipinski definition) is 3. The molecular weight excluding hydrogens is 428 g/mol. The van der Waals surface area contributed by atoms with Crippen molar-refractivity contribution in [3.63, 3.8) is 0 Å². The number of Topliss-reactive ketones (excluding diaryl/α,β-unsaturated/α-hetero) is 1. The van der Waals surface area contributed by atoms with E-state index in [-0.39, 0.29) is 31.8 Å². The predicted molar refractivity (Wildman–Crippen MR) is 120 cm³/mol. The maximum atomic E-state index is 11.9. The molecule has 0 heterocycles. The maximum absolute atomic E-state index is 11.9. The summed E-state index contributed by atoms with van der Waals surface area (Å²) in [4.78, 5) is 22.9. The van der Waals surface area contributed by atoms with E-state index in [0.29, 0.717) is 6.26 Å². The summed E-state index contributed by atoms with van der Waals surface area (Å²) < 4.78 is 16.7. The lowest BCUT2D eigenvalue weighted by Gasteiger charge is -2.30. The summed E-state index contributed by atoms with van der Waals surface area (Å²) in [6.07, 6.45) is -3.41. The Kier molecular flexibility index (Phi) is 11.1. The van der Waals surface area contributed by atoms with Gasteiger partial charge in [0.15, 0.2) is 5.76 Å². The lowest BCUT2D eigenvalue weighted by molar-refractivity contribution is -0.161. The zero-order valence-electron chi connectivity index (χ0n) is 18.5. The zero-order chi connectivity index (χ0) is 24.1. The second-order valence-electron chi connectivity index (χ2n) is 7.48. The number of benzene rings is 2. The van der Waals surface area contributed by atoms with Crippen LogP contribution in [0.3, 0.4) is 0 Å². The second-order valence-corrected chi connectivity index (χ2v) is 7.48. The van der Waals surface area contributed by atoms with E-state index in [1.54, 1.807) is 0 Å². The van der Waals surface area contributed by atoms with Crippen molar-refractivity contribution in [3.8, 4) is 0 Å². The first-order chi connectivity index (χ1) is 15.9. The third kappa shape index (κ3) is 9.44. The lowest BCUT2D eigenvalue weighted by Crippen LogP contribution is -2.45. The molecule has 0 aliphatic heterocycles. The van der Waals surface area contributed by atoms with E-state index in [1.807, 2.05) is 60.7 Å². The average Bonchev–Trinajstić information content (AvgIpc) is 2.84. The van der Waals surface area contributed by atoms with Gasteiger partial charge in [-0.1, -0.05) is 60.7 Å². The number of esters is 1. The van der Waals surface area contributed by atoms with Crippen molar-refractivity contribution in [1.82, 2.24) is 0 Å². The van der Waals surface area contributed by atoms with Crippen LogP contribution in [0.15, 0.2) is 72.7 Å². The fraction of sp³-hybridized carbons (Fsp3) is 0.360. The summed E-state index contributed by atoms with van der Waals surface area (Å²) in [6.45, 7) is 1.07. The zero-order valence-corrected chi connectivity index (χ0v) is 18.5. The fourth-order valence-corrected chi connectivity index (χ4v) is 2.97. The maximum Gasteiger partial charge on any atom is 0.306 e. The Bertz CT molecular complexity index is 882. The van der Waals surface area contributed by atoms with Crippen LogP contribution in [0.2, 0.25) is 0 Å². The Labute approximate surface area is 193 Å². The van der Waals surface area contributed by atoms with Crippen molar-refractivity contribution in [2.24, 2.45) is 0 Å². The number of carbonyl (C=O) groups excluding carboxylic acids is 2. The molecule has 0 unspecified atom stereocenters. The minimum Gasteiger partial charge on any atom is -0.512 e.